The molecule has 0 saturated heterocycles. The summed E-state index contributed by atoms with van der Waals surface area (Å²) in [5, 5.41) is 0. The molecule has 0 aliphatic carbocycles. The number of rotatable bonds is 8. The monoisotopic (exact) mass is 278 g/mol. The van der Waals surface area contributed by atoms with Crippen molar-refractivity contribution in [2.24, 2.45) is 5.73 Å². The quantitative estimate of drug-likeness (QED) is 0.794. The molecular weight excluding hydrogens is 248 g/mol. The molecule has 2 unspecified atom stereocenters. The summed E-state index contributed by atoms with van der Waals surface area (Å²) in [4.78, 5) is 2.41. The minimum atomic E-state index is 0.256. The molecule has 3 nitrogen and oxygen atoms in total. The van der Waals surface area contributed by atoms with Gasteiger partial charge in [0.2, 0.25) is 0 Å². The first-order chi connectivity index (χ1) is 9.54. The van der Waals surface area contributed by atoms with Crippen LogP contribution in [0.2, 0.25) is 0 Å². The molecule has 114 valence electrons. The van der Waals surface area contributed by atoms with Crippen LogP contribution in [-0.2, 0) is 4.74 Å². The van der Waals surface area contributed by atoms with Crippen LogP contribution in [0.4, 0.5) is 0 Å². The number of benzene rings is 1. The van der Waals surface area contributed by atoms with E-state index < -0.39 is 0 Å². The first-order valence-corrected chi connectivity index (χ1v) is 7.59. The van der Waals surface area contributed by atoms with Crippen LogP contribution in [0.1, 0.15) is 50.8 Å². The van der Waals surface area contributed by atoms with Crippen LogP contribution in [0.15, 0.2) is 24.3 Å². The molecule has 3 heteroatoms. The average Bonchev–Trinajstić information content (AvgIpc) is 2.44. The second kappa shape index (κ2) is 8.40. The summed E-state index contributed by atoms with van der Waals surface area (Å²) in [6, 6.07) is 9.49. The Morgan fingerprint density at radius 2 is 1.65 bits per heavy atom. The fourth-order valence-electron chi connectivity index (χ4n) is 2.74. The van der Waals surface area contributed by atoms with E-state index in [1.165, 1.54) is 11.1 Å². The van der Waals surface area contributed by atoms with Crippen molar-refractivity contribution in [1.29, 1.82) is 0 Å². The van der Waals surface area contributed by atoms with Crippen LogP contribution in [0, 0.1) is 0 Å². The lowest BCUT2D eigenvalue weighted by Crippen LogP contribution is -2.42. The standard InChI is InChI=1S/C17H30N2O/c1-6-19(14(4)12-20-5)17(11-18)16-9-7-15(8-10-16)13(2)3/h7-10,13-14,17H,6,11-12,18H2,1-5H3. The third-order valence-electron chi connectivity index (χ3n) is 3.95. The van der Waals surface area contributed by atoms with Crippen LogP contribution in [0.3, 0.4) is 0 Å². The van der Waals surface area contributed by atoms with E-state index in [0.717, 1.165) is 13.2 Å². The first kappa shape index (κ1) is 17.2. The Balaban J connectivity index is 2.92. The number of nitrogens with two attached hydrogens (primary N) is 1. The fourth-order valence-corrected chi connectivity index (χ4v) is 2.74. The maximum absolute atomic E-state index is 6.03. The van der Waals surface area contributed by atoms with Gasteiger partial charge in [-0.1, -0.05) is 45.0 Å². The number of ether oxygens (including phenoxy) is 1. The predicted octanol–water partition coefficient (Wildman–Crippen LogP) is 3.17. The molecule has 0 aliphatic heterocycles. The molecule has 20 heavy (non-hydrogen) atoms. The first-order valence-electron chi connectivity index (χ1n) is 7.59. The minimum Gasteiger partial charge on any atom is -0.383 e. The Bertz CT molecular complexity index is 375. The number of methoxy groups -OCH3 is 1. The number of hydrogen-bond donors (Lipinski definition) is 1. The summed E-state index contributed by atoms with van der Waals surface area (Å²) in [6.07, 6.45) is 0. The molecule has 0 amide bonds. The van der Waals surface area contributed by atoms with Gasteiger partial charge in [-0.3, -0.25) is 4.90 Å². The number of nitrogens with zero attached hydrogens (tertiary/aromatic N) is 1. The van der Waals surface area contributed by atoms with Gasteiger partial charge >= 0.3 is 0 Å². The van der Waals surface area contributed by atoms with Crippen molar-refractivity contribution in [3.8, 4) is 0 Å². The molecule has 2 atom stereocenters. The summed E-state index contributed by atoms with van der Waals surface area (Å²) in [5.41, 5.74) is 8.70. The molecule has 1 aromatic carbocycles. The molecule has 0 aromatic heterocycles. The Labute approximate surface area is 124 Å². The van der Waals surface area contributed by atoms with Crippen molar-refractivity contribution in [2.45, 2.75) is 45.7 Å². The highest BCUT2D eigenvalue weighted by Crippen LogP contribution is 2.24. The summed E-state index contributed by atoms with van der Waals surface area (Å²) in [6.45, 7) is 11.1. The van der Waals surface area contributed by atoms with Gasteiger partial charge in [-0.05, 0) is 30.5 Å². The zero-order valence-electron chi connectivity index (χ0n) is 13.6. The van der Waals surface area contributed by atoms with E-state index in [1.54, 1.807) is 7.11 Å². The highest BCUT2D eigenvalue weighted by Gasteiger charge is 2.22. The van der Waals surface area contributed by atoms with Crippen molar-refractivity contribution >= 4 is 0 Å². The van der Waals surface area contributed by atoms with E-state index >= 15 is 0 Å². The van der Waals surface area contributed by atoms with Gasteiger partial charge in [0.1, 0.15) is 0 Å². The molecule has 0 bridgehead atoms. The van der Waals surface area contributed by atoms with Crippen LogP contribution in [-0.4, -0.2) is 37.7 Å². The molecule has 0 heterocycles. The van der Waals surface area contributed by atoms with Crippen LogP contribution >= 0.6 is 0 Å². The van der Waals surface area contributed by atoms with Crippen LogP contribution in [0.5, 0.6) is 0 Å². The van der Waals surface area contributed by atoms with Crippen molar-refractivity contribution in [2.75, 3.05) is 26.8 Å². The van der Waals surface area contributed by atoms with E-state index in [1.807, 2.05) is 0 Å². The lowest BCUT2D eigenvalue weighted by molar-refractivity contribution is 0.0751. The lowest BCUT2D eigenvalue weighted by Gasteiger charge is -2.35. The average molecular weight is 278 g/mol. The minimum absolute atomic E-state index is 0.256. The van der Waals surface area contributed by atoms with Gasteiger partial charge in [0, 0.05) is 25.7 Å². The molecule has 2 N–H and O–H groups in total. The van der Waals surface area contributed by atoms with Crippen LogP contribution in [0.25, 0.3) is 0 Å². The highest BCUT2D eigenvalue weighted by atomic mass is 16.5. The van der Waals surface area contributed by atoms with Crippen molar-refractivity contribution < 1.29 is 4.74 Å². The van der Waals surface area contributed by atoms with Gasteiger partial charge in [-0.15, -0.1) is 0 Å². The summed E-state index contributed by atoms with van der Waals surface area (Å²) >= 11 is 0. The summed E-state index contributed by atoms with van der Waals surface area (Å²) in [5.74, 6) is 0.565. The zero-order valence-corrected chi connectivity index (χ0v) is 13.6. The lowest BCUT2D eigenvalue weighted by atomic mass is 9.98. The van der Waals surface area contributed by atoms with Gasteiger partial charge < -0.3 is 10.5 Å². The molecule has 0 saturated carbocycles. The highest BCUT2D eigenvalue weighted by molar-refractivity contribution is 5.27. The van der Waals surface area contributed by atoms with Crippen molar-refractivity contribution in [3.05, 3.63) is 35.4 Å². The van der Waals surface area contributed by atoms with Gasteiger partial charge in [-0.25, -0.2) is 0 Å². The zero-order chi connectivity index (χ0) is 15.1. The number of likely N-dealkylation sites (N-methyl/N-ethyl adjacent to an activating group) is 1. The molecule has 1 aromatic rings. The van der Waals surface area contributed by atoms with Gasteiger partial charge in [0.25, 0.3) is 0 Å². The molecule has 0 aliphatic rings. The summed E-state index contributed by atoms with van der Waals surface area (Å²) < 4.78 is 5.29. The molecule has 0 spiro atoms. The van der Waals surface area contributed by atoms with E-state index in [4.69, 9.17) is 10.5 Å². The molecule has 1 rings (SSSR count). The van der Waals surface area contributed by atoms with Crippen molar-refractivity contribution in [3.63, 3.8) is 0 Å². The largest absolute Gasteiger partial charge is 0.383 e. The maximum atomic E-state index is 6.03. The SMILES string of the molecule is CCN(C(C)COC)C(CN)c1ccc(C(C)C)cc1. The van der Waals surface area contributed by atoms with Crippen molar-refractivity contribution in [1.82, 2.24) is 4.90 Å². The third kappa shape index (κ3) is 4.30. The maximum Gasteiger partial charge on any atom is 0.0615 e. The van der Waals surface area contributed by atoms with E-state index in [-0.39, 0.29) is 6.04 Å². The van der Waals surface area contributed by atoms with E-state index in [9.17, 15) is 0 Å². The van der Waals surface area contributed by atoms with Gasteiger partial charge in [0.05, 0.1) is 6.61 Å². The second-order valence-electron chi connectivity index (χ2n) is 5.71. The van der Waals surface area contributed by atoms with Gasteiger partial charge in [-0.2, -0.15) is 0 Å². The topological polar surface area (TPSA) is 38.5 Å². The third-order valence-corrected chi connectivity index (χ3v) is 3.95. The predicted molar refractivity (Wildman–Crippen MR) is 86.0 cm³/mol. The normalized spacial score (nSPS) is 14.8. The molecular formula is C17H30N2O. The van der Waals surface area contributed by atoms with Crippen LogP contribution < -0.4 is 5.73 Å². The Hall–Kier alpha value is -0.900. The van der Waals surface area contributed by atoms with E-state index in [0.29, 0.717) is 18.5 Å². The number of hydrogen-bond acceptors (Lipinski definition) is 3. The second-order valence-corrected chi connectivity index (χ2v) is 5.71. The van der Waals surface area contributed by atoms with Gasteiger partial charge in [0.15, 0.2) is 0 Å². The Morgan fingerprint density at radius 1 is 1.10 bits per heavy atom. The Kier molecular flexibility index (Phi) is 7.20. The summed E-state index contributed by atoms with van der Waals surface area (Å²) in [7, 11) is 1.75. The molecule has 0 radical (unpaired) electrons. The molecule has 0 fully saturated rings. The Morgan fingerprint density at radius 3 is 2.05 bits per heavy atom. The fraction of sp³-hybridized carbons (Fsp3) is 0.647. The smallest absolute Gasteiger partial charge is 0.0615 e. The van der Waals surface area contributed by atoms with E-state index in [2.05, 4.69) is 56.9 Å².